The van der Waals surface area contributed by atoms with Crippen molar-refractivity contribution in [1.29, 1.82) is 0 Å². The topological polar surface area (TPSA) is 29.3 Å². The van der Waals surface area contributed by atoms with Gasteiger partial charge in [-0.2, -0.15) is 0 Å². The van der Waals surface area contributed by atoms with Crippen molar-refractivity contribution in [2.24, 2.45) is 5.73 Å². The molecule has 0 radical (unpaired) electrons. The van der Waals surface area contributed by atoms with Gasteiger partial charge in [-0.05, 0) is 53.4 Å². The summed E-state index contributed by atoms with van der Waals surface area (Å²) in [5, 5.41) is 0. The Morgan fingerprint density at radius 3 is 2.53 bits per heavy atom. The minimum Gasteiger partial charge on any atom is -0.371 e. The van der Waals surface area contributed by atoms with Crippen LogP contribution in [0.4, 0.5) is 5.69 Å². The number of hydrogen-bond acceptors (Lipinski definition) is 2. The summed E-state index contributed by atoms with van der Waals surface area (Å²) >= 11 is 3.67. The zero-order chi connectivity index (χ0) is 12.4. The molecule has 1 aliphatic rings. The summed E-state index contributed by atoms with van der Waals surface area (Å²) in [6, 6.07) is 7.26. The third-order valence-electron chi connectivity index (χ3n) is 3.75. The van der Waals surface area contributed by atoms with Crippen LogP contribution in [0.25, 0.3) is 0 Å². The number of rotatable bonds is 3. The predicted octanol–water partition coefficient (Wildman–Crippen LogP) is 3.85. The summed E-state index contributed by atoms with van der Waals surface area (Å²) in [6.45, 7) is 2.02. The highest BCUT2D eigenvalue weighted by atomic mass is 79.9. The van der Waals surface area contributed by atoms with E-state index in [1.807, 2.05) is 6.92 Å². The van der Waals surface area contributed by atoms with E-state index in [1.54, 1.807) is 0 Å². The van der Waals surface area contributed by atoms with Gasteiger partial charge in [-0.15, -0.1) is 0 Å². The molecule has 3 heteroatoms. The third-order valence-corrected chi connectivity index (χ3v) is 4.39. The fourth-order valence-electron chi connectivity index (χ4n) is 2.58. The monoisotopic (exact) mass is 296 g/mol. The van der Waals surface area contributed by atoms with Crippen LogP contribution >= 0.6 is 15.9 Å². The van der Waals surface area contributed by atoms with Crippen LogP contribution in [-0.2, 0) is 0 Å². The standard InChI is InChI=1S/C14H21BrN2/c1-10(16)11-7-8-14(13(15)9-11)17(2)12-5-3-4-6-12/h7-10,12H,3-6,16H2,1-2H3/t10-/m1/s1. The number of hydrogen-bond donors (Lipinski definition) is 1. The zero-order valence-electron chi connectivity index (χ0n) is 10.6. The smallest absolute Gasteiger partial charge is 0.0510 e. The molecule has 0 heterocycles. The molecule has 1 aromatic rings. The third kappa shape index (κ3) is 2.83. The van der Waals surface area contributed by atoms with Gasteiger partial charge in [-0.3, -0.25) is 0 Å². The van der Waals surface area contributed by atoms with E-state index in [4.69, 9.17) is 5.73 Å². The van der Waals surface area contributed by atoms with Gasteiger partial charge in [0.05, 0.1) is 5.69 Å². The molecule has 1 atom stereocenters. The summed E-state index contributed by atoms with van der Waals surface area (Å²) in [6.07, 6.45) is 5.37. The van der Waals surface area contributed by atoms with Crippen LogP contribution in [0.3, 0.4) is 0 Å². The van der Waals surface area contributed by atoms with Gasteiger partial charge < -0.3 is 10.6 Å². The molecular weight excluding hydrogens is 276 g/mol. The molecule has 1 aromatic carbocycles. The summed E-state index contributed by atoms with van der Waals surface area (Å²) in [7, 11) is 2.20. The summed E-state index contributed by atoms with van der Waals surface area (Å²) in [5.74, 6) is 0. The van der Waals surface area contributed by atoms with Crippen LogP contribution in [0.2, 0.25) is 0 Å². The van der Waals surface area contributed by atoms with E-state index in [1.165, 1.54) is 36.9 Å². The number of benzene rings is 1. The lowest BCUT2D eigenvalue weighted by Gasteiger charge is -2.28. The van der Waals surface area contributed by atoms with Gasteiger partial charge in [0.15, 0.2) is 0 Å². The zero-order valence-corrected chi connectivity index (χ0v) is 12.2. The van der Waals surface area contributed by atoms with E-state index in [-0.39, 0.29) is 6.04 Å². The van der Waals surface area contributed by atoms with Crippen molar-refractivity contribution in [3.63, 3.8) is 0 Å². The highest BCUT2D eigenvalue weighted by Gasteiger charge is 2.21. The molecule has 0 aliphatic heterocycles. The van der Waals surface area contributed by atoms with Crippen molar-refractivity contribution in [3.05, 3.63) is 28.2 Å². The number of nitrogens with zero attached hydrogens (tertiary/aromatic N) is 1. The largest absolute Gasteiger partial charge is 0.371 e. The first-order chi connectivity index (χ1) is 8.09. The van der Waals surface area contributed by atoms with Crippen molar-refractivity contribution in [2.75, 3.05) is 11.9 Å². The summed E-state index contributed by atoms with van der Waals surface area (Å²) in [5.41, 5.74) is 8.36. The molecular formula is C14H21BrN2. The van der Waals surface area contributed by atoms with Gasteiger partial charge in [0.1, 0.15) is 0 Å². The van der Waals surface area contributed by atoms with Gasteiger partial charge in [0.2, 0.25) is 0 Å². The molecule has 2 nitrogen and oxygen atoms in total. The van der Waals surface area contributed by atoms with Crippen LogP contribution in [0.15, 0.2) is 22.7 Å². The maximum absolute atomic E-state index is 5.90. The Labute approximate surface area is 112 Å². The Bertz CT molecular complexity index is 384. The van der Waals surface area contributed by atoms with E-state index in [2.05, 4.69) is 46.1 Å². The molecule has 0 spiro atoms. The number of nitrogens with two attached hydrogens (primary N) is 1. The predicted molar refractivity (Wildman–Crippen MR) is 77.4 cm³/mol. The maximum atomic E-state index is 5.90. The molecule has 17 heavy (non-hydrogen) atoms. The molecule has 0 aromatic heterocycles. The average molecular weight is 297 g/mol. The van der Waals surface area contributed by atoms with Crippen LogP contribution in [0.5, 0.6) is 0 Å². The van der Waals surface area contributed by atoms with Gasteiger partial charge in [0, 0.05) is 23.6 Å². The molecule has 2 N–H and O–H groups in total. The van der Waals surface area contributed by atoms with Crippen LogP contribution in [0.1, 0.15) is 44.2 Å². The SMILES string of the molecule is C[C@@H](N)c1ccc(N(C)C2CCCC2)c(Br)c1. The van der Waals surface area contributed by atoms with Crippen LogP contribution < -0.4 is 10.6 Å². The van der Waals surface area contributed by atoms with Crippen molar-refractivity contribution >= 4 is 21.6 Å². The van der Waals surface area contributed by atoms with Gasteiger partial charge in [0.25, 0.3) is 0 Å². The molecule has 1 saturated carbocycles. The Morgan fingerprint density at radius 2 is 2.00 bits per heavy atom. The molecule has 0 amide bonds. The molecule has 1 fully saturated rings. The Balaban J connectivity index is 2.20. The lowest BCUT2D eigenvalue weighted by molar-refractivity contribution is 0.652. The quantitative estimate of drug-likeness (QED) is 0.918. The van der Waals surface area contributed by atoms with Crippen molar-refractivity contribution in [3.8, 4) is 0 Å². The number of halogens is 1. The van der Waals surface area contributed by atoms with Crippen molar-refractivity contribution in [1.82, 2.24) is 0 Å². The van der Waals surface area contributed by atoms with Gasteiger partial charge >= 0.3 is 0 Å². The molecule has 2 rings (SSSR count). The van der Waals surface area contributed by atoms with Crippen molar-refractivity contribution in [2.45, 2.75) is 44.7 Å². The number of anilines is 1. The second-order valence-electron chi connectivity index (χ2n) is 5.05. The minimum atomic E-state index is 0.0946. The Hall–Kier alpha value is -0.540. The van der Waals surface area contributed by atoms with E-state index in [0.29, 0.717) is 6.04 Å². The molecule has 0 unspecified atom stereocenters. The normalized spacial score (nSPS) is 18.4. The highest BCUT2D eigenvalue weighted by molar-refractivity contribution is 9.10. The molecule has 0 saturated heterocycles. The minimum absolute atomic E-state index is 0.0946. The first kappa shape index (κ1) is 12.9. The fraction of sp³-hybridized carbons (Fsp3) is 0.571. The van der Waals surface area contributed by atoms with E-state index >= 15 is 0 Å². The van der Waals surface area contributed by atoms with Crippen molar-refractivity contribution < 1.29 is 0 Å². The average Bonchev–Trinajstić information content (AvgIpc) is 2.81. The maximum Gasteiger partial charge on any atom is 0.0510 e. The highest BCUT2D eigenvalue weighted by Crippen LogP contribution is 2.33. The fourth-order valence-corrected chi connectivity index (χ4v) is 3.26. The first-order valence-electron chi connectivity index (χ1n) is 6.37. The summed E-state index contributed by atoms with van der Waals surface area (Å²) in [4.78, 5) is 2.40. The van der Waals surface area contributed by atoms with E-state index in [9.17, 15) is 0 Å². The Kier molecular flexibility index (Phi) is 4.10. The second-order valence-corrected chi connectivity index (χ2v) is 5.90. The van der Waals surface area contributed by atoms with E-state index < -0.39 is 0 Å². The van der Waals surface area contributed by atoms with Crippen LogP contribution in [0, 0.1) is 0 Å². The lowest BCUT2D eigenvalue weighted by Crippen LogP contribution is -2.29. The Morgan fingerprint density at radius 1 is 1.35 bits per heavy atom. The molecule has 0 bridgehead atoms. The van der Waals surface area contributed by atoms with E-state index in [0.717, 1.165) is 4.47 Å². The molecule has 94 valence electrons. The lowest BCUT2D eigenvalue weighted by atomic mass is 10.1. The van der Waals surface area contributed by atoms with Gasteiger partial charge in [-0.25, -0.2) is 0 Å². The first-order valence-corrected chi connectivity index (χ1v) is 7.16. The van der Waals surface area contributed by atoms with Crippen LogP contribution in [-0.4, -0.2) is 13.1 Å². The van der Waals surface area contributed by atoms with Gasteiger partial charge in [-0.1, -0.05) is 18.9 Å². The summed E-state index contributed by atoms with van der Waals surface area (Å²) < 4.78 is 1.15. The molecule has 1 aliphatic carbocycles. The second kappa shape index (κ2) is 5.40.